The number of nitrogen functional groups attached to an aromatic ring is 1. The minimum atomic E-state index is 0.465. The van der Waals surface area contributed by atoms with Crippen molar-refractivity contribution in [2.75, 3.05) is 5.73 Å². The Morgan fingerprint density at radius 1 is 1.10 bits per heavy atom. The van der Waals surface area contributed by atoms with Crippen molar-refractivity contribution in [3.05, 3.63) is 58.9 Å². The summed E-state index contributed by atoms with van der Waals surface area (Å²) in [6.07, 6.45) is 1.96. The first-order valence-electron chi connectivity index (χ1n) is 10.4. The Bertz CT molecular complexity index is 1180. The molecule has 156 valence electrons. The van der Waals surface area contributed by atoms with E-state index in [1.807, 2.05) is 36.4 Å². The molecule has 0 saturated heterocycles. The van der Waals surface area contributed by atoms with Crippen molar-refractivity contribution in [1.29, 1.82) is 0 Å². The highest BCUT2D eigenvalue weighted by atomic mass is 35.5. The summed E-state index contributed by atoms with van der Waals surface area (Å²) in [5, 5.41) is 1.77. The number of imidazole rings is 1. The fourth-order valence-electron chi connectivity index (χ4n) is 3.75. The van der Waals surface area contributed by atoms with Gasteiger partial charge in [-0.2, -0.15) is 0 Å². The van der Waals surface area contributed by atoms with Crippen molar-refractivity contribution < 1.29 is 4.74 Å². The van der Waals surface area contributed by atoms with Gasteiger partial charge in [-0.1, -0.05) is 44.5 Å². The lowest BCUT2D eigenvalue weighted by atomic mass is 10.1. The van der Waals surface area contributed by atoms with Gasteiger partial charge < -0.3 is 15.0 Å². The molecule has 0 atom stereocenters. The van der Waals surface area contributed by atoms with Crippen LogP contribution in [0.3, 0.4) is 0 Å². The summed E-state index contributed by atoms with van der Waals surface area (Å²) in [6.45, 7) is 7.97. The molecule has 2 aromatic heterocycles. The monoisotopic (exact) mass is 422 g/mol. The molecule has 0 saturated carbocycles. The zero-order valence-corrected chi connectivity index (χ0v) is 18.4. The van der Waals surface area contributed by atoms with E-state index in [0.29, 0.717) is 23.4 Å². The molecule has 2 aromatic carbocycles. The topological polar surface area (TPSA) is 66.0 Å². The average Bonchev–Trinajstić information content (AvgIpc) is 3.06. The van der Waals surface area contributed by atoms with E-state index in [4.69, 9.17) is 27.1 Å². The quantitative estimate of drug-likeness (QED) is 0.396. The molecule has 5 nitrogen and oxygen atoms in total. The van der Waals surface area contributed by atoms with E-state index in [9.17, 15) is 0 Å². The van der Waals surface area contributed by atoms with Gasteiger partial charge in [-0.15, -0.1) is 0 Å². The minimum Gasteiger partial charge on any atom is -0.489 e. The second-order valence-electron chi connectivity index (χ2n) is 8.07. The van der Waals surface area contributed by atoms with Crippen LogP contribution in [-0.2, 0) is 19.6 Å². The molecule has 0 aliphatic rings. The van der Waals surface area contributed by atoms with Gasteiger partial charge in [-0.3, -0.25) is 0 Å². The third-order valence-corrected chi connectivity index (χ3v) is 5.35. The highest BCUT2D eigenvalue weighted by Crippen LogP contribution is 2.32. The zero-order valence-electron chi connectivity index (χ0n) is 17.7. The van der Waals surface area contributed by atoms with Crippen LogP contribution in [0.25, 0.3) is 21.9 Å². The summed E-state index contributed by atoms with van der Waals surface area (Å²) < 4.78 is 8.30. The summed E-state index contributed by atoms with van der Waals surface area (Å²) in [4.78, 5) is 9.47. The lowest BCUT2D eigenvalue weighted by Crippen LogP contribution is -2.09. The van der Waals surface area contributed by atoms with Crippen LogP contribution >= 0.6 is 11.6 Å². The number of nitrogens with zero attached hydrogens (tertiary/aromatic N) is 3. The maximum Gasteiger partial charge on any atom is 0.152 e. The predicted molar refractivity (Wildman–Crippen MR) is 124 cm³/mol. The number of hydrogen-bond donors (Lipinski definition) is 1. The maximum absolute atomic E-state index is 6.32. The molecule has 4 aromatic rings. The van der Waals surface area contributed by atoms with Gasteiger partial charge in [0.25, 0.3) is 0 Å². The molecule has 0 aliphatic heterocycles. The van der Waals surface area contributed by atoms with E-state index in [-0.39, 0.29) is 0 Å². The summed E-state index contributed by atoms with van der Waals surface area (Å²) in [5.41, 5.74) is 10.1. The second kappa shape index (κ2) is 8.52. The Morgan fingerprint density at radius 2 is 1.87 bits per heavy atom. The largest absolute Gasteiger partial charge is 0.489 e. The molecule has 0 aliphatic carbocycles. The lowest BCUT2D eigenvalue weighted by Gasteiger charge is -2.13. The summed E-state index contributed by atoms with van der Waals surface area (Å²) in [7, 11) is 0. The summed E-state index contributed by atoms with van der Waals surface area (Å²) in [5.74, 6) is 2.80. The number of aromatic nitrogens is 3. The first-order chi connectivity index (χ1) is 14.5. The van der Waals surface area contributed by atoms with E-state index in [2.05, 4.69) is 36.4 Å². The first kappa shape index (κ1) is 20.5. The number of ether oxygens (including phenoxy) is 1. The number of rotatable bonds is 7. The highest BCUT2D eigenvalue weighted by molar-refractivity contribution is 6.30. The number of hydrogen-bond acceptors (Lipinski definition) is 4. The molecule has 0 amide bonds. The van der Waals surface area contributed by atoms with E-state index in [1.165, 1.54) is 0 Å². The number of anilines is 1. The average molecular weight is 423 g/mol. The number of fused-ring (bicyclic) bond motifs is 3. The van der Waals surface area contributed by atoms with Crippen molar-refractivity contribution in [3.8, 4) is 5.75 Å². The van der Waals surface area contributed by atoms with Crippen molar-refractivity contribution in [1.82, 2.24) is 14.5 Å². The van der Waals surface area contributed by atoms with Crippen LogP contribution in [0.2, 0.25) is 5.02 Å². The van der Waals surface area contributed by atoms with Gasteiger partial charge in [-0.25, -0.2) is 9.97 Å². The van der Waals surface area contributed by atoms with Crippen LogP contribution in [-0.4, -0.2) is 14.5 Å². The molecule has 2 heterocycles. The number of pyridine rings is 1. The van der Waals surface area contributed by atoms with Crippen molar-refractivity contribution in [2.24, 2.45) is 5.92 Å². The molecule has 0 bridgehead atoms. The van der Waals surface area contributed by atoms with E-state index in [1.54, 1.807) is 0 Å². The van der Waals surface area contributed by atoms with E-state index >= 15 is 0 Å². The molecular weight excluding hydrogens is 396 g/mol. The highest BCUT2D eigenvalue weighted by Gasteiger charge is 2.18. The van der Waals surface area contributed by atoms with Crippen LogP contribution in [0.1, 0.15) is 38.6 Å². The van der Waals surface area contributed by atoms with Crippen LogP contribution in [0.5, 0.6) is 5.75 Å². The van der Waals surface area contributed by atoms with Crippen molar-refractivity contribution >= 4 is 39.4 Å². The fourth-order valence-corrected chi connectivity index (χ4v) is 3.88. The van der Waals surface area contributed by atoms with Gasteiger partial charge in [-0.05, 0) is 42.2 Å². The Kier molecular flexibility index (Phi) is 5.82. The predicted octanol–water partition coefficient (Wildman–Crippen LogP) is 6.01. The molecule has 2 N–H and O–H groups in total. The van der Waals surface area contributed by atoms with Gasteiger partial charge in [0.2, 0.25) is 0 Å². The Balaban J connectivity index is 1.75. The van der Waals surface area contributed by atoms with Crippen LogP contribution in [0, 0.1) is 5.92 Å². The van der Waals surface area contributed by atoms with E-state index in [0.717, 1.165) is 58.5 Å². The minimum absolute atomic E-state index is 0.465. The first-order valence-corrected chi connectivity index (χ1v) is 10.8. The van der Waals surface area contributed by atoms with Crippen molar-refractivity contribution in [3.63, 3.8) is 0 Å². The molecule has 6 heteroatoms. The number of aryl methyl sites for hydroxylation is 1. The standard InChI is InChI=1S/C24H27ClN4O/c1-4-5-21-28-22-23(29(21)13-15(2)3)19-11-10-18(12-20(19)27-24(22)26)30-14-16-6-8-17(25)9-7-16/h6-12,15H,4-5,13-14H2,1-3H3,(H2,26,27). The SMILES string of the molecule is CCCc1nc2c(N)nc3cc(OCc4ccc(Cl)cc4)ccc3c2n1CC(C)C. The Labute approximate surface area is 181 Å². The maximum atomic E-state index is 6.32. The zero-order chi connectivity index (χ0) is 21.3. The Morgan fingerprint density at radius 3 is 2.57 bits per heavy atom. The summed E-state index contributed by atoms with van der Waals surface area (Å²) >= 11 is 5.95. The molecule has 30 heavy (non-hydrogen) atoms. The fraction of sp³-hybridized carbons (Fsp3) is 0.333. The van der Waals surface area contributed by atoms with Crippen LogP contribution in [0.15, 0.2) is 42.5 Å². The molecule has 0 unspecified atom stereocenters. The molecule has 4 rings (SSSR count). The number of halogens is 1. The van der Waals surface area contributed by atoms with Crippen LogP contribution < -0.4 is 10.5 Å². The second-order valence-corrected chi connectivity index (χ2v) is 8.51. The molecule has 0 fully saturated rings. The third kappa shape index (κ3) is 4.08. The van der Waals surface area contributed by atoms with Gasteiger partial charge in [0.1, 0.15) is 23.7 Å². The molecular formula is C24H27ClN4O. The van der Waals surface area contributed by atoms with Gasteiger partial charge in [0.05, 0.1) is 11.0 Å². The van der Waals surface area contributed by atoms with Gasteiger partial charge >= 0.3 is 0 Å². The molecule has 0 radical (unpaired) electrons. The van der Waals surface area contributed by atoms with Gasteiger partial charge in [0.15, 0.2) is 5.82 Å². The number of benzene rings is 2. The van der Waals surface area contributed by atoms with Gasteiger partial charge in [0, 0.05) is 29.4 Å². The lowest BCUT2D eigenvalue weighted by molar-refractivity contribution is 0.306. The number of nitrogens with two attached hydrogens (primary N) is 1. The van der Waals surface area contributed by atoms with Crippen LogP contribution in [0.4, 0.5) is 5.82 Å². The normalized spacial score (nSPS) is 11.6. The smallest absolute Gasteiger partial charge is 0.152 e. The summed E-state index contributed by atoms with van der Waals surface area (Å²) in [6, 6.07) is 13.7. The molecule has 0 spiro atoms. The van der Waals surface area contributed by atoms with Crippen molar-refractivity contribution in [2.45, 2.75) is 46.8 Å². The third-order valence-electron chi connectivity index (χ3n) is 5.09. The van der Waals surface area contributed by atoms with E-state index < -0.39 is 0 Å². The Hall–Kier alpha value is -2.79.